The van der Waals surface area contributed by atoms with Gasteiger partial charge in [-0.3, -0.25) is 4.79 Å². The molecule has 3 N–H and O–H groups in total. The summed E-state index contributed by atoms with van der Waals surface area (Å²) in [6.45, 7) is 3.53. The predicted octanol–water partition coefficient (Wildman–Crippen LogP) is 0.444. The van der Waals surface area contributed by atoms with Crippen LogP contribution in [-0.2, 0) is 4.79 Å². The second kappa shape index (κ2) is 3.45. The molecule has 0 aromatic carbocycles. The predicted molar refractivity (Wildman–Crippen MR) is 35.1 cm³/mol. The molecule has 0 rings (SSSR count). The minimum atomic E-state index is -0.799. The number of hydrogen-bond donors (Lipinski definition) is 2. The van der Waals surface area contributed by atoms with E-state index in [4.69, 9.17) is 10.8 Å². The lowest BCUT2D eigenvalue weighted by atomic mass is 10.00. The molecule has 0 bridgehead atoms. The number of hydrogen-bond acceptors (Lipinski definition) is 2. The summed E-state index contributed by atoms with van der Waals surface area (Å²) < 4.78 is 0. The molecule has 54 valence electrons. The van der Waals surface area contributed by atoms with Gasteiger partial charge in [0.2, 0.25) is 0 Å². The molecule has 0 amide bonds. The van der Waals surface area contributed by atoms with E-state index in [1.165, 1.54) is 0 Å². The highest BCUT2D eigenvalue weighted by Crippen LogP contribution is 2.05. The molecular formula is C6H13NO2. The maximum atomic E-state index is 10.3. The van der Waals surface area contributed by atoms with Crippen molar-refractivity contribution in [3.05, 3.63) is 0 Å². The van der Waals surface area contributed by atoms with Gasteiger partial charge in [0.05, 0.1) is 5.92 Å². The van der Waals surface area contributed by atoms with E-state index in [9.17, 15) is 4.79 Å². The molecule has 0 aliphatic rings. The van der Waals surface area contributed by atoms with Crippen molar-refractivity contribution in [2.45, 2.75) is 26.3 Å². The molecule has 0 saturated heterocycles. The van der Waals surface area contributed by atoms with Crippen molar-refractivity contribution < 1.29 is 9.90 Å². The average molecular weight is 131 g/mol. The van der Waals surface area contributed by atoms with Crippen molar-refractivity contribution in [2.24, 2.45) is 11.7 Å². The number of nitrogens with two attached hydrogens (primary N) is 1. The zero-order chi connectivity index (χ0) is 7.44. The van der Waals surface area contributed by atoms with Crippen LogP contribution in [0.4, 0.5) is 0 Å². The Morgan fingerprint density at radius 1 is 1.78 bits per heavy atom. The van der Waals surface area contributed by atoms with Crippen molar-refractivity contribution in [1.29, 1.82) is 0 Å². The molecule has 2 atom stereocenters. The third kappa shape index (κ3) is 2.46. The van der Waals surface area contributed by atoms with E-state index >= 15 is 0 Å². The molecule has 3 heteroatoms. The Labute approximate surface area is 54.9 Å². The smallest absolute Gasteiger partial charge is 0.308 e. The largest absolute Gasteiger partial charge is 0.481 e. The van der Waals surface area contributed by atoms with Gasteiger partial charge in [-0.05, 0) is 13.3 Å². The van der Waals surface area contributed by atoms with E-state index in [0.717, 1.165) is 0 Å². The van der Waals surface area contributed by atoms with E-state index in [2.05, 4.69) is 0 Å². The molecule has 0 saturated carbocycles. The van der Waals surface area contributed by atoms with Crippen LogP contribution in [0.2, 0.25) is 0 Å². The van der Waals surface area contributed by atoms with Crippen LogP contribution < -0.4 is 5.73 Å². The van der Waals surface area contributed by atoms with Crippen LogP contribution in [0.3, 0.4) is 0 Å². The van der Waals surface area contributed by atoms with Gasteiger partial charge in [0.25, 0.3) is 0 Å². The molecule has 0 aromatic rings. The first-order chi connectivity index (χ1) is 4.09. The maximum absolute atomic E-state index is 10.3. The topological polar surface area (TPSA) is 63.3 Å². The van der Waals surface area contributed by atoms with E-state index in [1.54, 1.807) is 6.92 Å². The number of carboxylic acid groups (broad SMARTS) is 1. The van der Waals surface area contributed by atoms with E-state index in [0.29, 0.717) is 6.42 Å². The number of carbonyl (C=O) groups is 1. The van der Waals surface area contributed by atoms with Gasteiger partial charge in [-0.2, -0.15) is 0 Å². The normalized spacial score (nSPS) is 16.8. The van der Waals surface area contributed by atoms with E-state index in [-0.39, 0.29) is 12.0 Å². The summed E-state index contributed by atoms with van der Waals surface area (Å²) in [5, 5.41) is 8.46. The highest BCUT2D eigenvalue weighted by molar-refractivity contribution is 5.70. The number of aliphatic carboxylic acids is 1. The van der Waals surface area contributed by atoms with Crippen LogP contribution in [0.1, 0.15) is 20.3 Å². The third-order valence-corrected chi connectivity index (χ3v) is 1.39. The summed E-state index contributed by atoms with van der Waals surface area (Å²) in [7, 11) is 0. The Hall–Kier alpha value is -0.570. The zero-order valence-electron chi connectivity index (χ0n) is 5.79. The van der Waals surface area contributed by atoms with Crippen molar-refractivity contribution in [2.75, 3.05) is 0 Å². The van der Waals surface area contributed by atoms with Gasteiger partial charge in [0, 0.05) is 6.04 Å². The van der Waals surface area contributed by atoms with Crippen molar-refractivity contribution in [1.82, 2.24) is 0 Å². The van der Waals surface area contributed by atoms with Crippen LogP contribution >= 0.6 is 0 Å². The van der Waals surface area contributed by atoms with Gasteiger partial charge < -0.3 is 10.8 Å². The minimum Gasteiger partial charge on any atom is -0.481 e. The Balaban J connectivity index is 3.83. The zero-order valence-corrected chi connectivity index (χ0v) is 5.79. The average Bonchev–Trinajstić information content (AvgIpc) is 1.64. The molecular weight excluding hydrogens is 118 g/mol. The van der Waals surface area contributed by atoms with Crippen molar-refractivity contribution in [3.63, 3.8) is 0 Å². The van der Waals surface area contributed by atoms with Crippen molar-refractivity contribution >= 4 is 5.97 Å². The molecule has 0 spiro atoms. The first-order valence-electron chi connectivity index (χ1n) is 3.08. The molecule has 0 radical (unpaired) electrons. The van der Waals surface area contributed by atoms with Crippen LogP contribution in [0.5, 0.6) is 0 Å². The fourth-order valence-electron chi connectivity index (χ4n) is 0.771. The molecule has 9 heavy (non-hydrogen) atoms. The first kappa shape index (κ1) is 8.43. The maximum Gasteiger partial charge on any atom is 0.308 e. The second-order valence-corrected chi connectivity index (χ2v) is 2.21. The fraction of sp³-hybridized carbons (Fsp3) is 0.833. The number of rotatable bonds is 3. The van der Waals surface area contributed by atoms with E-state index < -0.39 is 5.97 Å². The van der Waals surface area contributed by atoms with Crippen molar-refractivity contribution in [3.8, 4) is 0 Å². The lowest BCUT2D eigenvalue weighted by Crippen LogP contribution is -2.32. The first-order valence-corrected chi connectivity index (χ1v) is 3.08. The van der Waals surface area contributed by atoms with Crippen LogP contribution in [0.15, 0.2) is 0 Å². The van der Waals surface area contributed by atoms with Gasteiger partial charge in [0.15, 0.2) is 0 Å². The summed E-state index contributed by atoms with van der Waals surface area (Å²) in [5.41, 5.74) is 5.37. The summed E-state index contributed by atoms with van der Waals surface area (Å²) in [5.74, 6) is -1.18. The van der Waals surface area contributed by atoms with Gasteiger partial charge >= 0.3 is 5.97 Å². The summed E-state index contributed by atoms with van der Waals surface area (Å²) in [6, 6.07) is -0.243. The Morgan fingerprint density at radius 3 is 2.22 bits per heavy atom. The monoisotopic (exact) mass is 131 g/mol. The van der Waals surface area contributed by atoms with E-state index in [1.807, 2.05) is 6.92 Å². The van der Waals surface area contributed by atoms with Crippen LogP contribution in [-0.4, -0.2) is 17.1 Å². The lowest BCUT2D eigenvalue weighted by Gasteiger charge is -2.12. The molecule has 0 aromatic heterocycles. The highest BCUT2D eigenvalue weighted by atomic mass is 16.4. The van der Waals surface area contributed by atoms with Gasteiger partial charge in [-0.1, -0.05) is 6.92 Å². The van der Waals surface area contributed by atoms with Crippen LogP contribution in [0, 0.1) is 5.92 Å². The van der Waals surface area contributed by atoms with Gasteiger partial charge in [-0.25, -0.2) is 0 Å². The SMILES string of the molecule is CCC(C(=O)O)[C@H](C)N. The molecule has 0 aliphatic heterocycles. The van der Waals surface area contributed by atoms with Gasteiger partial charge in [-0.15, -0.1) is 0 Å². The standard InChI is InChI=1S/C6H13NO2/c1-3-5(4(2)7)6(8)9/h4-5H,3,7H2,1-2H3,(H,8,9)/t4-,5?/m0/s1. The Kier molecular flexibility index (Phi) is 3.24. The Bertz CT molecular complexity index is 101. The van der Waals surface area contributed by atoms with Crippen LogP contribution in [0.25, 0.3) is 0 Å². The molecule has 1 unspecified atom stereocenters. The number of carboxylic acids is 1. The van der Waals surface area contributed by atoms with Gasteiger partial charge in [0.1, 0.15) is 0 Å². The molecule has 3 nitrogen and oxygen atoms in total. The molecule has 0 aliphatic carbocycles. The molecule has 0 heterocycles. The second-order valence-electron chi connectivity index (χ2n) is 2.21. The highest BCUT2D eigenvalue weighted by Gasteiger charge is 2.18. The minimum absolute atomic E-state index is 0.243. The lowest BCUT2D eigenvalue weighted by molar-refractivity contribution is -0.142. The summed E-state index contributed by atoms with van der Waals surface area (Å²) in [6.07, 6.45) is 0.604. The summed E-state index contributed by atoms with van der Waals surface area (Å²) in [4.78, 5) is 10.3. The molecule has 0 fully saturated rings. The Morgan fingerprint density at radius 2 is 2.22 bits per heavy atom. The fourth-order valence-corrected chi connectivity index (χ4v) is 0.771. The quantitative estimate of drug-likeness (QED) is 0.584. The summed E-state index contributed by atoms with van der Waals surface area (Å²) >= 11 is 0. The third-order valence-electron chi connectivity index (χ3n) is 1.39.